The highest BCUT2D eigenvalue weighted by molar-refractivity contribution is 6.22. The van der Waals surface area contributed by atoms with Crippen molar-refractivity contribution in [3.05, 3.63) is 0 Å². The summed E-state index contributed by atoms with van der Waals surface area (Å²) in [5.41, 5.74) is 0. The molecule has 84 valence electrons. The van der Waals surface area contributed by atoms with Gasteiger partial charge in [0.05, 0.1) is 11.8 Å². The first-order valence-electron chi connectivity index (χ1n) is 5.23. The van der Waals surface area contributed by atoms with Crippen LogP contribution in [-0.2, 0) is 9.59 Å². The minimum absolute atomic E-state index is 0.00755. The number of nitrogens with zero attached hydrogens (tertiary/aromatic N) is 1. The van der Waals surface area contributed by atoms with Crippen LogP contribution < -0.4 is 0 Å². The minimum atomic E-state index is -0.835. The molecule has 1 N–H and O–H groups in total. The lowest BCUT2D eigenvalue weighted by atomic mass is 10.1. The fraction of sp³-hybridized carbons (Fsp3) is 0.800. The molecule has 15 heavy (non-hydrogen) atoms. The number of hydrogen-bond acceptors (Lipinski definition) is 2. The maximum atomic E-state index is 11.6. The van der Waals surface area contributed by atoms with Gasteiger partial charge in [-0.25, -0.2) is 0 Å². The molecule has 0 spiro atoms. The second-order valence-corrected chi connectivity index (χ2v) is 4.97. The molecule has 1 saturated carbocycles. The van der Waals surface area contributed by atoms with Gasteiger partial charge in [-0.3, -0.25) is 9.59 Å². The lowest BCUT2D eigenvalue weighted by molar-refractivity contribution is -0.140. The van der Waals surface area contributed by atoms with Crippen LogP contribution in [-0.4, -0.2) is 39.8 Å². The third-order valence-corrected chi connectivity index (χ3v) is 3.35. The molecule has 0 aromatic heterocycles. The molecule has 4 nitrogen and oxygen atoms in total. The Bertz CT molecular complexity index is 290. The smallest absolute Gasteiger partial charge is 0.305 e. The number of alkyl halides is 1. The zero-order valence-corrected chi connectivity index (χ0v) is 9.11. The van der Waals surface area contributed by atoms with Crippen molar-refractivity contribution in [2.24, 2.45) is 5.92 Å². The third kappa shape index (κ3) is 2.43. The lowest BCUT2D eigenvalue weighted by Crippen LogP contribution is -2.39. The van der Waals surface area contributed by atoms with Crippen molar-refractivity contribution in [3.8, 4) is 0 Å². The minimum Gasteiger partial charge on any atom is -0.481 e. The summed E-state index contributed by atoms with van der Waals surface area (Å²) in [5.74, 6) is -0.446. The van der Waals surface area contributed by atoms with Gasteiger partial charge in [-0.1, -0.05) is 0 Å². The number of carboxylic acids is 1. The monoisotopic (exact) mass is 231 g/mol. The molecule has 1 heterocycles. The molecule has 2 fully saturated rings. The van der Waals surface area contributed by atoms with Crippen LogP contribution in [0.3, 0.4) is 0 Å². The first-order chi connectivity index (χ1) is 7.08. The Balaban J connectivity index is 2.03. The fourth-order valence-corrected chi connectivity index (χ4v) is 2.48. The van der Waals surface area contributed by atoms with E-state index in [1.807, 2.05) is 0 Å². The summed E-state index contributed by atoms with van der Waals surface area (Å²) in [5, 5.41) is 8.66. The van der Waals surface area contributed by atoms with Crippen LogP contribution in [0.25, 0.3) is 0 Å². The van der Waals surface area contributed by atoms with Gasteiger partial charge in [0, 0.05) is 19.0 Å². The number of carboxylic acid groups (broad SMARTS) is 1. The standard InChI is InChI=1S/C10H14ClNO3/c11-7-3-9(13)12(5-7)8(4-10(14)15)6-1-2-6/h6-8H,1-5H2,(H,14,15). The van der Waals surface area contributed by atoms with E-state index in [1.165, 1.54) is 0 Å². The summed E-state index contributed by atoms with van der Waals surface area (Å²) in [6.45, 7) is 0.509. The quantitative estimate of drug-likeness (QED) is 0.737. The van der Waals surface area contributed by atoms with Gasteiger partial charge >= 0.3 is 5.97 Å². The average Bonchev–Trinajstić information content (AvgIpc) is 2.89. The number of likely N-dealkylation sites (tertiary alicyclic amines) is 1. The molecule has 0 aromatic rings. The molecule has 1 amide bonds. The van der Waals surface area contributed by atoms with Crippen molar-refractivity contribution < 1.29 is 14.7 Å². The molecule has 2 unspecified atom stereocenters. The molecule has 5 heteroatoms. The second-order valence-electron chi connectivity index (χ2n) is 4.35. The van der Waals surface area contributed by atoms with Crippen LogP contribution in [0.5, 0.6) is 0 Å². The van der Waals surface area contributed by atoms with Crippen LogP contribution in [0.4, 0.5) is 0 Å². The van der Waals surface area contributed by atoms with Crippen molar-refractivity contribution >= 4 is 23.5 Å². The van der Waals surface area contributed by atoms with Crippen molar-refractivity contribution in [3.63, 3.8) is 0 Å². The van der Waals surface area contributed by atoms with E-state index < -0.39 is 5.97 Å². The average molecular weight is 232 g/mol. The van der Waals surface area contributed by atoms with E-state index >= 15 is 0 Å². The Morgan fingerprint density at radius 3 is 2.67 bits per heavy atom. The lowest BCUT2D eigenvalue weighted by Gasteiger charge is -2.26. The Kier molecular flexibility index (Phi) is 2.87. The summed E-state index contributed by atoms with van der Waals surface area (Å²) in [7, 11) is 0. The van der Waals surface area contributed by atoms with E-state index in [4.69, 9.17) is 16.7 Å². The van der Waals surface area contributed by atoms with Crippen LogP contribution in [0.1, 0.15) is 25.7 Å². The Labute approximate surface area is 93.2 Å². The summed E-state index contributed by atoms with van der Waals surface area (Å²) in [6.07, 6.45) is 2.48. The Morgan fingerprint density at radius 2 is 2.27 bits per heavy atom. The number of rotatable bonds is 4. The highest BCUT2D eigenvalue weighted by Crippen LogP contribution is 2.38. The van der Waals surface area contributed by atoms with Crippen LogP contribution >= 0.6 is 11.6 Å². The summed E-state index contributed by atoms with van der Waals surface area (Å²) >= 11 is 5.90. The number of aliphatic carboxylic acids is 1. The zero-order valence-electron chi connectivity index (χ0n) is 8.36. The van der Waals surface area contributed by atoms with Crippen molar-refractivity contribution in [1.82, 2.24) is 4.90 Å². The Hall–Kier alpha value is -0.770. The number of carbonyl (C=O) groups excluding carboxylic acids is 1. The molecule has 1 aliphatic heterocycles. The van der Waals surface area contributed by atoms with Crippen LogP contribution in [0.15, 0.2) is 0 Å². The van der Waals surface area contributed by atoms with Crippen molar-refractivity contribution in [2.75, 3.05) is 6.54 Å². The fourth-order valence-electron chi connectivity index (χ4n) is 2.20. The molecule has 0 aromatic carbocycles. The van der Waals surface area contributed by atoms with Gasteiger partial charge in [-0.05, 0) is 18.8 Å². The van der Waals surface area contributed by atoms with Gasteiger partial charge in [-0.2, -0.15) is 0 Å². The topological polar surface area (TPSA) is 57.6 Å². The molecule has 1 saturated heterocycles. The van der Waals surface area contributed by atoms with Crippen LogP contribution in [0.2, 0.25) is 0 Å². The Morgan fingerprint density at radius 1 is 1.60 bits per heavy atom. The van der Waals surface area contributed by atoms with E-state index in [1.54, 1.807) is 4.90 Å². The molecule has 0 radical (unpaired) electrons. The number of carbonyl (C=O) groups is 2. The van der Waals surface area contributed by atoms with Gasteiger partial charge in [0.2, 0.25) is 5.91 Å². The molecular weight excluding hydrogens is 218 g/mol. The molecular formula is C10H14ClNO3. The van der Waals surface area contributed by atoms with Crippen molar-refractivity contribution in [1.29, 1.82) is 0 Å². The first-order valence-corrected chi connectivity index (χ1v) is 5.67. The summed E-state index contributed by atoms with van der Waals surface area (Å²) in [6, 6.07) is -0.126. The molecule has 2 rings (SSSR count). The maximum absolute atomic E-state index is 11.6. The number of halogens is 1. The maximum Gasteiger partial charge on any atom is 0.305 e. The predicted molar refractivity (Wildman–Crippen MR) is 54.7 cm³/mol. The molecule has 2 aliphatic rings. The highest BCUT2D eigenvalue weighted by Gasteiger charge is 2.42. The predicted octanol–water partition coefficient (Wildman–Crippen LogP) is 1.08. The van der Waals surface area contributed by atoms with E-state index in [0.717, 1.165) is 12.8 Å². The van der Waals surface area contributed by atoms with Gasteiger partial charge in [-0.15, -0.1) is 11.6 Å². The number of amides is 1. The zero-order chi connectivity index (χ0) is 11.0. The summed E-state index contributed by atoms with van der Waals surface area (Å²) < 4.78 is 0. The number of hydrogen-bond donors (Lipinski definition) is 1. The van der Waals surface area contributed by atoms with Gasteiger partial charge < -0.3 is 10.0 Å². The SMILES string of the molecule is O=C(O)CC(C1CC1)N1CC(Cl)CC1=O. The second kappa shape index (κ2) is 4.00. The molecule has 2 atom stereocenters. The van der Waals surface area contributed by atoms with E-state index in [2.05, 4.69) is 0 Å². The summed E-state index contributed by atoms with van der Waals surface area (Å²) in [4.78, 5) is 24.0. The van der Waals surface area contributed by atoms with Gasteiger partial charge in [0.1, 0.15) is 0 Å². The molecule has 1 aliphatic carbocycles. The largest absolute Gasteiger partial charge is 0.481 e. The van der Waals surface area contributed by atoms with E-state index in [9.17, 15) is 9.59 Å². The van der Waals surface area contributed by atoms with Gasteiger partial charge in [0.25, 0.3) is 0 Å². The van der Waals surface area contributed by atoms with E-state index in [0.29, 0.717) is 18.9 Å². The highest BCUT2D eigenvalue weighted by atomic mass is 35.5. The first kappa shape index (κ1) is 10.7. The molecule has 0 bridgehead atoms. The van der Waals surface area contributed by atoms with E-state index in [-0.39, 0.29) is 23.7 Å². The normalized spacial score (nSPS) is 28.2. The van der Waals surface area contributed by atoms with Crippen molar-refractivity contribution in [2.45, 2.75) is 37.1 Å². The van der Waals surface area contributed by atoms with Crippen LogP contribution in [0, 0.1) is 5.92 Å². The van der Waals surface area contributed by atoms with Gasteiger partial charge in [0.15, 0.2) is 0 Å². The third-order valence-electron chi connectivity index (χ3n) is 3.06.